The summed E-state index contributed by atoms with van der Waals surface area (Å²) >= 11 is 0. The van der Waals surface area contributed by atoms with E-state index in [0.29, 0.717) is 26.2 Å². The summed E-state index contributed by atoms with van der Waals surface area (Å²) in [5.41, 5.74) is 4.86. The average molecular weight is 232 g/mol. The molecular formula is C9H20N4O3. The summed E-state index contributed by atoms with van der Waals surface area (Å²) in [4.78, 5) is 21.5. The van der Waals surface area contributed by atoms with Crippen LogP contribution in [0, 0.1) is 0 Å². The van der Waals surface area contributed by atoms with Gasteiger partial charge in [0.1, 0.15) is 0 Å². The van der Waals surface area contributed by atoms with Crippen molar-refractivity contribution in [3.05, 3.63) is 0 Å². The number of carbonyl (C=O) groups is 2. The van der Waals surface area contributed by atoms with E-state index < -0.39 is 6.03 Å². The second-order valence-electron chi connectivity index (χ2n) is 3.16. The molecule has 0 bridgehead atoms. The maximum absolute atomic E-state index is 11.2. The number of amides is 3. The van der Waals surface area contributed by atoms with Gasteiger partial charge in [0.05, 0.1) is 6.54 Å². The first-order valence-electron chi connectivity index (χ1n) is 5.16. The number of primary amides is 1. The number of hydrogen-bond acceptors (Lipinski definition) is 4. The Balaban J connectivity index is 3.20. The van der Waals surface area contributed by atoms with Crippen LogP contribution in [-0.4, -0.2) is 51.8 Å². The molecule has 0 atom stereocenters. The van der Waals surface area contributed by atoms with Crippen LogP contribution in [-0.2, 0) is 9.53 Å². The van der Waals surface area contributed by atoms with Crippen LogP contribution in [0.25, 0.3) is 0 Å². The van der Waals surface area contributed by atoms with Crippen LogP contribution < -0.4 is 21.7 Å². The molecule has 0 fully saturated rings. The van der Waals surface area contributed by atoms with Gasteiger partial charge in [0.2, 0.25) is 5.91 Å². The first-order valence-corrected chi connectivity index (χ1v) is 5.16. The molecule has 0 aliphatic heterocycles. The van der Waals surface area contributed by atoms with Gasteiger partial charge in [0.15, 0.2) is 0 Å². The van der Waals surface area contributed by atoms with Crippen LogP contribution in [0.3, 0.4) is 0 Å². The first kappa shape index (κ1) is 14.7. The molecule has 7 nitrogen and oxygen atoms in total. The Hall–Kier alpha value is -1.34. The molecule has 0 saturated carbocycles. The average Bonchev–Trinajstić information content (AvgIpc) is 2.23. The van der Waals surface area contributed by atoms with Crippen molar-refractivity contribution in [2.24, 2.45) is 5.73 Å². The van der Waals surface area contributed by atoms with Crippen LogP contribution in [0.1, 0.15) is 6.42 Å². The van der Waals surface area contributed by atoms with Gasteiger partial charge < -0.3 is 26.4 Å². The molecule has 0 aliphatic carbocycles. The molecule has 0 unspecified atom stereocenters. The van der Waals surface area contributed by atoms with E-state index in [0.717, 1.165) is 6.42 Å². The van der Waals surface area contributed by atoms with E-state index in [-0.39, 0.29) is 12.5 Å². The van der Waals surface area contributed by atoms with E-state index >= 15 is 0 Å². The van der Waals surface area contributed by atoms with E-state index in [9.17, 15) is 9.59 Å². The fourth-order valence-corrected chi connectivity index (χ4v) is 0.983. The van der Waals surface area contributed by atoms with Gasteiger partial charge in [-0.2, -0.15) is 0 Å². The van der Waals surface area contributed by atoms with Crippen LogP contribution in [0.15, 0.2) is 0 Å². The number of ether oxygens (including phenoxy) is 1. The summed E-state index contributed by atoms with van der Waals surface area (Å²) in [5, 5.41) is 8.00. The van der Waals surface area contributed by atoms with E-state index in [1.165, 1.54) is 0 Å². The molecule has 0 rings (SSSR count). The number of rotatable bonds is 9. The Morgan fingerprint density at radius 2 is 1.94 bits per heavy atom. The van der Waals surface area contributed by atoms with Crippen molar-refractivity contribution < 1.29 is 14.3 Å². The molecule has 0 radical (unpaired) electrons. The highest BCUT2D eigenvalue weighted by Crippen LogP contribution is 1.76. The quantitative estimate of drug-likeness (QED) is 0.359. The van der Waals surface area contributed by atoms with Gasteiger partial charge >= 0.3 is 6.03 Å². The van der Waals surface area contributed by atoms with Crippen LogP contribution in [0.2, 0.25) is 0 Å². The number of nitrogens with one attached hydrogen (secondary N) is 3. The van der Waals surface area contributed by atoms with Crippen molar-refractivity contribution in [2.45, 2.75) is 6.42 Å². The first-order chi connectivity index (χ1) is 7.66. The normalized spacial score (nSPS) is 9.81. The van der Waals surface area contributed by atoms with E-state index in [2.05, 4.69) is 16.0 Å². The maximum atomic E-state index is 11.2. The lowest BCUT2D eigenvalue weighted by Crippen LogP contribution is -2.39. The Morgan fingerprint density at radius 3 is 2.56 bits per heavy atom. The summed E-state index contributed by atoms with van der Waals surface area (Å²) in [6.07, 6.45) is 0.797. The smallest absolute Gasteiger partial charge is 0.312 e. The van der Waals surface area contributed by atoms with E-state index in [1.54, 1.807) is 7.11 Å². The van der Waals surface area contributed by atoms with Crippen LogP contribution in [0.4, 0.5) is 4.79 Å². The number of hydrogen-bond donors (Lipinski definition) is 4. The second kappa shape index (κ2) is 10.2. The van der Waals surface area contributed by atoms with Gasteiger partial charge in [-0.05, 0) is 6.42 Å². The van der Waals surface area contributed by atoms with Crippen molar-refractivity contribution >= 4 is 11.9 Å². The van der Waals surface area contributed by atoms with Gasteiger partial charge in [-0.15, -0.1) is 0 Å². The van der Waals surface area contributed by atoms with Crippen molar-refractivity contribution in [3.63, 3.8) is 0 Å². The fraction of sp³-hybridized carbons (Fsp3) is 0.778. The number of urea groups is 1. The fourth-order valence-electron chi connectivity index (χ4n) is 0.983. The molecule has 5 N–H and O–H groups in total. The second-order valence-corrected chi connectivity index (χ2v) is 3.16. The van der Waals surface area contributed by atoms with Crippen molar-refractivity contribution in [2.75, 3.05) is 39.9 Å². The molecule has 0 aromatic rings. The molecule has 0 spiro atoms. The Kier molecular flexibility index (Phi) is 9.33. The molecular weight excluding hydrogens is 212 g/mol. The Labute approximate surface area is 95.1 Å². The third-order valence-electron chi connectivity index (χ3n) is 1.73. The monoisotopic (exact) mass is 232 g/mol. The Morgan fingerprint density at radius 1 is 1.19 bits per heavy atom. The molecule has 0 heterocycles. The molecule has 7 heteroatoms. The molecule has 16 heavy (non-hydrogen) atoms. The topological polar surface area (TPSA) is 105 Å². The minimum absolute atomic E-state index is 0.0739. The van der Waals surface area contributed by atoms with Gasteiger partial charge in [-0.25, -0.2) is 4.79 Å². The molecule has 0 aliphatic rings. The Bertz CT molecular complexity index is 211. The lowest BCUT2D eigenvalue weighted by Gasteiger charge is -2.06. The van der Waals surface area contributed by atoms with E-state index in [1.807, 2.05) is 0 Å². The minimum atomic E-state index is -0.564. The highest BCUT2D eigenvalue weighted by Gasteiger charge is 1.99. The summed E-state index contributed by atoms with van der Waals surface area (Å²) in [6.45, 7) is 2.39. The predicted molar refractivity (Wildman–Crippen MR) is 60.0 cm³/mol. The summed E-state index contributed by atoms with van der Waals surface area (Å²) in [7, 11) is 1.62. The van der Waals surface area contributed by atoms with Crippen LogP contribution in [0.5, 0.6) is 0 Å². The zero-order valence-electron chi connectivity index (χ0n) is 9.54. The molecule has 94 valence electrons. The summed E-state index contributed by atoms with van der Waals surface area (Å²) in [5.74, 6) is -0.0739. The maximum Gasteiger partial charge on any atom is 0.312 e. The highest BCUT2D eigenvalue weighted by atomic mass is 16.5. The van der Waals surface area contributed by atoms with Gasteiger partial charge in [0.25, 0.3) is 0 Å². The minimum Gasteiger partial charge on any atom is -0.385 e. The zero-order valence-corrected chi connectivity index (χ0v) is 9.54. The predicted octanol–water partition coefficient (Wildman–Crippen LogP) is -1.60. The molecule has 0 aromatic heterocycles. The largest absolute Gasteiger partial charge is 0.385 e. The van der Waals surface area contributed by atoms with Crippen molar-refractivity contribution in [1.82, 2.24) is 16.0 Å². The highest BCUT2D eigenvalue weighted by molar-refractivity contribution is 5.77. The lowest BCUT2D eigenvalue weighted by molar-refractivity contribution is -0.120. The number of carbonyl (C=O) groups excluding carboxylic acids is 2. The third-order valence-corrected chi connectivity index (χ3v) is 1.73. The van der Waals surface area contributed by atoms with Gasteiger partial charge in [-0.1, -0.05) is 0 Å². The number of nitrogens with two attached hydrogens (primary N) is 1. The summed E-state index contributed by atoms with van der Waals surface area (Å²) < 4.78 is 4.84. The van der Waals surface area contributed by atoms with Crippen LogP contribution >= 0.6 is 0 Å². The van der Waals surface area contributed by atoms with Crippen molar-refractivity contribution in [3.8, 4) is 0 Å². The third kappa shape index (κ3) is 10.7. The SMILES string of the molecule is COCCCNC(=O)CNCCNC(N)=O. The van der Waals surface area contributed by atoms with E-state index in [4.69, 9.17) is 10.5 Å². The number of methoxy groups -OCH3 is 1. The lowest BCUT2D eigenvalue weighted by atomic mass is 10.4. The van der Waals surface area contributed by atoms with Gasteiger partial charge in [0, 0.05) is 33.4 Å². The van der Waals surface area contributed by atoms with Crippen molar-refractivity contribution in [1.29, 1.82) is 0 Å². The molecule has 3 amide bonds. The summed E-state index contributed by atoms with van der Waals surface area (Å²) in [6, 6.07) is -0.564. The van der Waals surface area contributed by atoms with Gasteiger partial charge in [-0.3, -0.25) is 4.79 Å². The standard InChI is InChI=1S/C9H20N4O3/c1-16-6-2-3-12-8(14)7-11-4-5-13-9(10)15/h11H,2-7H2,1H3,(H,12,14)(H3,10,13,15). The molecule has 0 aromatic carbocycles. The zero-order chi connectivity index (χ0) is 12.2. The molecule has 0 saturated heterocycles.